The van der Waals surface area contributed by atoms with Crippen molar-refractivity contribution in [2.75, 3.05) is 58.9 Å². The number of carboxylic acid groups (broad SMARTS) is 3. The van der Waals surface area contributed by atoms with Crippen LogP contribution in [0.4, 0.5) is 0 Å². The summed E-state index contributed by atoms with van der Waals surface area (Å²) in [6.45, 7) is 2.90. The monoisotopic (exact) mass is 434 g/mol. The number of benzene rings is 1. The van der Waals surface area contributed by atoms with Crippen LogP contribution < -0.4 is 0 Å². The Bertz CT molecular complexity index is 757. The van der Waals surface area contributed by atoms with Gasteiger partial charge in [-0.15, -0.1) is 0 Å². The summed E-state index contributed by atoms with van der Waals surface area (Å²) in [5, 5.41) is 27.6. The zero-order valence-corrected chi connectivity index (χ0v) is 17.5. The van der Waals surface area contributed by atoms with Crippen LogP contribution in [0.1, 0.15) is 5.56 Å². The normalized spacial score (nSPS) is 18.1. The van der Waals surface area contributed by atoms with Crippen molar-refractivity contribution in [1.29, 1.82) is 0 Å². The van der Waals surface area contributed by atoms with Gasteiger partial charge in [-0.1, -0.05) is 30.3 Å². The Labute approximate surface area is 181 Å². The zero-order valence-electron chi connectivity index (χ0n) is 17.5. The molecule has 1 aliphatic heterocycles. The highest BCUT2D eigenvalue weighted by Crippen LogP contribution is 2.07. The van der Waals surface area contributed by atoms with Crippen LogP contribution in [-0.4, -0.2) is 112 Å². The van der Waals surface area contributed by atoms with Crippen molar-refractivity contribution in [3.8, 4) is 0 Å². The average Bonchev–Trinajstić information content (AvgIpc) is 2.69. The van der Waals surface area contributed by atoms with Crippen LogP contribution in [-0.2, 0) is 20.9 Å². The van der Waals surface area contributed by atoms with Gasteiger partial charge >= 0.3 is 17.9 Å². The molecule has 0 unspecified atom stereocenters. The third-order valence-electron chi connectivity index (χ3n) is 4.91. The van der Waals surface area contributed by atoms with Crippen LogP contribution in [0, 0.1) is 0 Å². The molecule has 31 heavy (non-hydrogen) atoms. The fourth-order valence-electron chi connectivity index (χ4n) is 3.34. The molecule has 0 fully saturated rings. The van der Waals surface area contributed by atoms with Crippen LogP contribution in [0.15, 0.2) is 42.7 Å². The number of hydrogen-bond donors (Lipinski definition) is 3. The summed E-state index contributed by atoms with van der Waals surface area (Å²) in [6, 6.07) is 9.89. The molecule has 1 aromatic carbocycles. The standard InChI is InChI=1S/C21H30N4O6/c26-19(27)15-23-8-6-22(14-18-4-2-1-3-5-18)7-9-24(16-20(28)29)11-13-25(12-10-23)17-21(30)31/h1-5,10,12H,6-9,11,13-17H2,(H,26,27)(H,28,29)(H,30,31)/b12-10-. The third-order valence-corrected chi connectivity index (χ3v) is 4.91. The number of rotatable bonds is 8. The minimum Gasteiger partial charge on any atom is -0.480 e. The Morgan fingerprint density at radius 3 is 1.61 bits per heavy atom. The molecular formula is C21H30N4O6. The van der Waals surface area contributed by atoms with Crippen LogP contribution in [0.25, 0.3) is 0 Å². The highest BCUT2D eigenvalue weighted by atomic mass is 16.4. The van der Waals surface area contributed by atoms with E-state index in [0.29, 0.717) is 45.8 Å². The van der Waals surface area contributed by atoms with Gasteiger partial charge in [0.15, 0.2) is 0 Å². The van der Waals surface area contributed by atoms with Crippen molar-refractivity contribution in [2.24, 2.45) is 0 Å². The zero-order chi connectivity index (χ0) is 22.6. The van der Waals surface area contributed by atoms with E-state index in [-0.39, 0.29) is 19.6 Å². The second kappa shape index (κ2) is 12.6. The van der Waals surface area contributed by atoms with Crippen molar-refractivity contribution in [2.45, 2.75) is 6.54 Å². The largest absolute Gasteiger partial charge is 0.480 e. The number of carbonyl (C=O) groups is 3. The number of carboxylic acids is 3. The van der Waals surface area contributed by atoms with Gasteiger partial charge in [-0.3, -0.25) is 24.2 Å². The molecule has 1 aromatic rings. The first kappa shape index (κ1) is 24.2. The number of hydrogen-bond acceptors (Lipinski definition) is 7. The summed E-state index contributed by atoms with van der Waals surface area (Å²) in [4.78, 5) is 40.9. The smallest absolute Gasteiger partial charge is 0.323 e. The van der Waals surface area contributed by atoms with Crippen LogP contribution in [0.5, 0.6) is 0 Å². The molecule has 0 radical (unpaired) electrons. The van der Waals surface area contributed by atoms with E-state index in [4.69, 9.17) is 5.11 Å². The first-order valence-corrected chi connectivity index (χ1v) is 10.1. The topological polar surface area (TPSA) is 125 Å². The molecular weight excluding hydrogens is 404 g/mol. The molecule has 0 bridgehead atoms. The van der Waals surface area contributed by atoms with Crippen LogP contribution >= 0.6 is 0 Å². The summed E-state index contributed by atoms with van der Waals surface area (Å²) in [6.07, 6.45) is 3.17. The van der Waals surface area contributed by atoms with E-state index in [0.717, 1.165) is 5.56 Å². The van der Waals surface area contributed by atoms with Gasteiger partial charge in [-0.2, -0.15) is 0 Å². The maximum Gasteiger partial charge on any atom is 0.323 e. The van der Waals surface area contributed by atoms with Crippen LogP contribution in [0.3, 0.4) is 0 Å². The van der Waals surface area contributed by atoms with E-state index in [9.17, 15) is 24.6 Å². The number of nitrogens with zero attached hydrogens (tertiary/aromatic N) is 4. The third kappa shape index (κ3) is 9.96. The quantitative estimate of drug-likeness (QED) is 0.520. The molecule has 0 atom stereocenters. The number of aliphatic carboxylic acids is 3. The summed E-state index contributed by atoms with van der Waals surface area (Å²) in [7, 11) is 0. The van der Waals surface area contributed by atoms with Gasteiger partial charge in [-0.25, -0.2) is 0 Å². The van der Waals surface area contributed by atoms with Crippen molar-refractivity contribution >= 4 is 17.9 Å². The fourth-order valence-corrected chi connectivity index (χ4v) is 3.34. The van der Waals surface area contributed by atoms with Crippen molar-refractivity contribution in [3.05, 3.63) is 48.3 Å². The lowest BCUT2D eigenvalue weighted by Gasteiger charge is -2.31. The molecule has 3 N–H and O–H groups in total. The first-order valence-electron chi connectivity index (χ1n) is 10.1. The Morgan fingerprint density at radius 1 is 0.645 bits per heavy atom. The minimum atomic E-state index is -1.01. The Morgan fingerprint density at radius 2 is 1.10 bits per heavy atom. The van der Waals surface area contributed by atoms with Crippen molar-refractivity contribution in [3.63, 3.8) is 0 Å². The molecule has 1 heterocycles. The highest BCUT2D eigenvalue weighted by molar-refractivity contribution is 5.70. The molecule has 0 amide bonds. The van der Waals surface area contributed by atoms with Gasteiger partial charge in [-0.05, 0) is 5.56 Å². The molecule has 0 spiro atoms. The van der Waals surface area contributed by atoms with Crippen LogP contribution in [0.2, 0.25) is 0 Å². The molecule has 170 valence electrons. The maximum absolute atomic E-state index is 11.3. The van der Waals surface area contributed by atoms with Gasteiger partial charge in [0.2, 0.25) is 0 Å². The van der Waals surface area contributed by atoms with Crippen molar-refractivity contribution < 1.29 is 29.7 Å². The predicted octanol–water partition coefficient (Wildman–Crippen LogP) is 0.133. The second-order valence-corrected chi connectivity index (χ2v) is 7.46. The molecule has 0 saturated carbocycles. The molecule has 0 aliphatic carbocycles. The predicted molar refractivity (Wildman–Crippen MR) is 113 cm³/mol. The Balaban J connectivity index is 2.20. The Kier molecular flexibility index (Phi) is 9.79. The molecule has 10 nitrogen and oxygen atoms in total. The maximum atomic E-state index is 11.3. The van der Waals surface area contributed by atoms with Gasteiger partial charge < -0.3 is 25.1 Å². The second-order valence-electron chi connectivity index (χ2n) is 7.46. The van der Waals surface area contributed by atoms with E-state index in [1.807, 2.05) is 30.3 Å². The lowest BCUT2D eigenvalue weighted by Crippen LogP contribution is -2.44. The van der Waals surface area contributed by atoms with E-state index in [1.54, 1.807) is 27.1 Å². The van der Waals surface area contributed by atoms with Gasteiger partial charge in [0.05, 0.1) is 6.54 Å². The lowest BCUT2D eigenvalue weighted by atomic mass is 10.2. The molecule has 0 aromatic heterocycles. The van der Waals surface area contributed by atoms with E-state index >= 15 is 0 Å². The summed E-state index contributed by atoms with van der Waals surface area (Å²) >= 11 is 0. The first-order chi connectivity index (χ1) is 14.8. The summed E-state index contributed by atoms with van der Waals surface area (Å²) in [5.74, 6) is -2.92. The molecule has 10 heteroatoms. The van der Waals surface area contributed by atoms with Gasteiger partial charge in [0, 0.05) is 58.2 Å². The highest BCUT2D eigenvalue weighted by Gasteiger charge is 2.17. The SMILES string of the molecule is O=C(O)CN1/C=C\N(CC(=O)O)CCN(Cc2ccccc2)CCN(CC(=O)O)CC1. The molecule has 1 aliphatic rings. The summed E-state index contributed by atoms with van der Waals surface area (Å²) in [5.41, 5.74) is 1.12. The van der Waals surface area contributed by atoms with E-state index < -0.39 is 17.9 Å². The Hall–Kier alpha value is -3.11. The molecule has 2 rings (SSSR count). The fraction of sp³-hybridized carbons (Fsp3) is 0.476. The van der Waals surface area contributed by atoms with Crippen molar-refractivity contribution in [1.82, 2.24) is 19.6 Å². The van der Waals surface area contributed by atoms with Gasteiger partial charge in [0.1, 0.15) is 13.1 Å². The summed E-state index contributed by atoms with van der Waals surface area (Å²) < 4.78 is 0. The average molecular weight is 434 g/mol. The molecule has 0 saturated heterocycles. The van der Waals surface area contributed by atoms with E-state index in [1.165, 1.54) is 0 Å². The van der Waals surface area contributed by atoms with E-state index in [2.05, 4.69) is 4.90 Å². The minimum absolute atomic E-state index is 0.130. The lowest BCUT2D eigenvalue weighted by molar-refractivity contribution is -0.139. The van der Waals surface area contributed by atoms with Gasteiger partial charge in [0.25, 0.3) is 0 Å².